The second kappa shape index (κ2) is 9.81. The molecule has 7 heteroatoms. The molecule has 1 fully saturated rings. The number of aryl methyl sites for hydroxylation is 1. The van der Waals surface area contributed by atoms with Crippen molar-refractivity contribution < 1.29 is 14.0 Å². The maximum Gasteiger partial charge on any atom is 0.321 e. The van der Waals surface area contributed by atoms with E-state index < -0.39 is 0 Å². The lowest BCUT2D eigenvalue weighted by atomic mass is 10.0. The minimum absolute atomic E-state index is 0.0218. The van der Waals surface area contributed by atoms with Crippen LogP contribution in [0.2, 0.25) is 0 Å². The summed E-state index contributed by atoms with van der Waals surface area (Å²) in [4.78, 5) is 33.2. The first kappa shape index (κ1) is 22.5. The van der Waals surface area contributed by atoms with Gasteiger partial charge in [0.25, 0.3) is 5.91 Å². The van der Waals surface area contributed by atoms with Crippen molar-refractivity contribution >= 4 is 17.6 Å². The summed E-state index contributed by atoms with van der Waals surface area (Å²) in [5.74, 6) is -0.304. The summed E-state index contributed by atoms with van der Waals surface area (Å²) in [7, 11) is 1.78. The van der Waals surface area contributed by atoms with Gasteiger partial charge in [0.1, 0.15) is 5.82 Å². The van der Waals surface area contributed by atoms with Gasteiger partial charge in [0.05, 0.1) is 5.56 Å². The van der Waals surface area contributed by atoms with Gasteiger partial charge >= 0.3 is 6.03 Å². The number of carbonyl (C=O) groups is 2. The third-order valence-corrected chi connectivity index (χ3v) is 6.07. The van der Waals surface area contributed by atoms with E-state index in [1.807, 2.05) is 48.2 Å². The number of piperidine rings is 1. The number of hydrogen-bond acceptors (Lipinski definition) is 3. The van der Waals surface area contributed by atoms with Crippen molar-refractivity contribution in [3.05, 3.63) is 83.9 Å². The molecular weight excluding hydrogens is 419 g/mol. The summed E-state index contributed by atoms with van der Waals surface area (Å²) in [6.45, 7) is 3.08. The maximum absolute atomic E-state index is 13.5. The largest absolute Gasteiger partial charge is 0.338 e. The predicted octanol–water partition coefficient (Wildman–Crippen LogP) is 4.96. The molecule has 0 saturated carbocycles. The molecule has 1 aliphatic rings. The Morgan fingerprint density at radius 3 is 2.39 bits per heavy atom. The standard InChI is InChI=1S/C26H27FN4O2/c1-18-6-7-21(17-28-18)25(32)31-14-12-24(13-15-31)30(2)26(33)29-23-10-8-19(9-11-23)20-4-3-5-22(27)16-20/h3-11,16-17,24H,12-15H2,1-2H3,(H,29,33). The third kappa shape index (κ3) is 5.37. The number of hydrogen-bond donors (Lipinski definition) is 1. The van der Waals surface area contributed by atoms with E-state index in [4.69, 9.17) is 0 Å². The average Bonchev–Trinajstić information content (AvgIpc) is 2.84. The van der Waals surface area contributed by atoms with Crippen LogP contribution in [0.5, 0.6) is 0 Å². The van der Waals surface area contributed by atoms with Gasteiger partial charge in [-0.3, -0.25) is 9.78 Å². The van der Waals surface area contributed by atoms with Gasteiger partial charge in [0.15, 0.2) is 0 Å². The molecule has 4 rings (SSSR count). The number of nitrogens with zero attached hydrogens (tertiary/aromatic N) is 3. The topological polar surface area (TPSA) is 65.5 Å². The summed E-state index contributed by atoms with van der Waals surface area (Å²) < 4.78 is 13.5. The molecule has 1 aromatic heterocycles. The summed E-state index contributed by atoms with van der Waals surface area (Å²) >= 11 is 0. The summed E-state index contributed by atoms with van der Waals surface area (Å²) in [6.07, 6.45) is 3.05. The normalized spacial score (nSPS) is 14.1. The minimum Gasteiger partial charge on any atom is -0.338 e. The van der Waals surface area contributed by atoms with E-state index in [2.05, 4.69) is 10.3 Å². The van der Waals surface area contributed by atoms with Crippen molar-refractivity contribution in [2.75, 3.05) is 25.5 Å². The van der Waals surface area contributed by atoms with E-state index in [-0.39, 0.29) is 23.8 Å². The Morgan fingerprint density at radius 2 is 1.76 bits per heavy atom. The Bertz CT molecular complexity index is 1120. The van der Waals surface area contributed by atoms with E-state index in [9.17, 15) is 14.0 Å². The van der Waals surface area contributed by atoms with Gasteiger partial charge in [-0.2, -0.15) is 0 Å². The molecule has 2 heterocycles. The molecule has 0 spiro atoms. The summed E-state index contributed by atoms with van der Waals surface area (Å²) in [6, 6.07) is 17.2. The van der Waals surface area contributed by atoms with Crippen LogP contribution in [0.25, 0.3) is 11.1 Å². The summed E-state index contributed by atoms with van der Waals surface area (Å²) in [5.41, 5.74) is 3.80. The number of likely N-dealkylation sites (tertiary alicyclic amines) is 1. The Labute approximate surface area is 193 Å². The fourth-order valence-electron chi connectivity index (χ4n) is 4.02. The van der Waals surface area contributed by atoms with Gasteiger partial charge in [-0.15, -0.1) is 0 Å². The van der Waals surface area contributed by atoms with Crippen LogP contribution in [0.1, 0.15) is 28.9 Å². The first-order valence-corrected chi connectivity index (χ1v) is 11.0. The van der Waals surface area contributed by atoms with Crippen LogP contribution < -0.4 is 5.32 Å². The highest BCUT2D eigenvalue weighted by molar-refractivity contribution is 5.94. The predicted molar refractivity (Wildman–Crippen MR) is 127 cm³/mol. The van der Waals surface area contributed by atoms with Crippen LogP contribution in [0.3, 0.4) is 0 Å². The average molecular weight is 447 g/mol. The lowest BCUT2D eigenvalue weighted by Crippen LogP contribution is -2.48. The lowest BCUT2D eigenvalue weighted by molar-refractivity contribution is 0.0671. The molecule has 0 unspecified atom stereocenters. The van der Waals surface area contributed by atoms with Gasteiger partial charge in [-0.1, -0.05) is 24.3 Å². The number of benzene rings is 2. The Kier molecular flexibility index (Phi) is 6.68. The number of aromatic nitrogens is 1. The van der Waals surface area contributed by atoms with Gasteiger partial charge in [-0.05, 0) is 67.3 Å². The highest BCUT2D eigenvalue weighted by Gasteiger charge is 2.28. The monoisotopic (exact) mass is 446 g/mol. The number of carbonyl (C=O) groups excluding carboxylic acids is 2. The van der Waals surface area contributed by atoms with Crippen molar-refractivity contribution in [2.45, 2.75) is 25.8 Å². The number of halogens is 1. The van der Waals surface area contributed by atoms with E-state index in [0.717, 1.165) is 16.8 Å². The highest BCUT2D eigenvalue weighted by Crippen LogP contribution is 2.23. The molecule has 0 aliphatic carbocycles. The molecule has 3 aromatic rings. The van der Waals surface area contributed by atoms with E-state index in [1.165, 1.54) is 12.1 Å². The number of anilines is 1. The Balaban J connectivity index is 1.30. The first-order valence-electron chi connectivity index (χ1n) is 11.0. The molecule has 0 radical (unpaired) electrons. The van der Waals surface area contributed by atoms with Gasteiger partial charge < -0.3 is 15.1 Å². The lowest BCUT2D eigenvalue weighted by Gasteiger charge is -2.36. The molecule has 6 nitrogen and oxygen atoms in total. The van der Waals surface area contributed by atoms with Crippen LogP contribution in [0.15, 0.2) is 66.9 Å². The Hall–Kier alpha value is -3.74. The number of amides is 3. The number of pyridine rings is 1. The molecule has 170 valence electrons. The number of rotatable bonds is 4. The van der Waals surface area contributed by atoms with Crippen LogP contribution in [0.4, 0.5) is 14.9 Å². The Morgan fingerprint density at radius 1 is 1.03 bits per heavy atom. The van der Waals surface area contributed by atoms with Gasteiger partial charge in [-0.25, -0.2) is 9.18 Å². The molecule has 3 amide bonds. The van der Waals surface area contributed by atoms with Crippen molar-refractivity contribution in [3.63, 3.8) is 0 Å². The molecule has 1 aliphatic heterocycles. The van der Waals surface area contributed by atoms with E-state index in [0.29, 0.717) is 37.2 Å². The molecule has 1 saturated heterocycles. The molecule has 1 N–H and O–H groups in total. The van der Waals surface area contributed by atoms with Crippen LogP contribution >= 0.6 is 0 Å². The molecule has 2 aromatic carbocycles. The van der Waals surface area contributed by atoms with Gasteiger partial charge in [0, 0.05) is 43.8 Å². The quantitative estimate of drug-likeness (QED) is 0.616. The van der Waals surface area contributed by atoms with Gasteiger partial charge in [0.2, 0.25) is 0 Å². The van der Waals surface area contributed by atoms with Crippen LogP contribution in [-0.2, 0) is 0 Å². The second-order valence-corrected chi connectivity index (χ2v) is 8.34. The van der Waals surface area contributed by atoms with Crippen molar-refractivity contribution in [1.82, 2.24) is 14.8 Å². The molecular formula is C26H27FN4O2. The first-order chi connectivity index (χ1) is 15.9. The summed E-state index contributed by atoms with van der Waals surface area (Å²) in [5, 5.41) is 2.92. The smallest absolute Gasteiger partial charge is 0.321 e. The number of urea groups is 1. The molecule has 0 atom stereocenters. The molecule has 0 bridgehead atoms. The van der Waals surface area contributed by atoms with E-state index >= 15 is 0 Å². The zero-order chi connectivity index (χ0) is 23.4. The van der Waals surface area contributed by atoms with Crippen LogP contribution in [-0.4, -0.2) is 52.9 Å². The SMILES string of the molecule is Cc1ccc(C(=O)N2CCC(N(C)C(=O)Nc3ccc(-c4cccc(F)c4)cc3)CC2)cn1. The minimum atomic E-state index is -0.283. The fourth-order valence-corrected chi connectivity index (χ4v) is 4.02. The highest BCUT2D eigenvalue weighted by atomic mass is 19.1. The van der Waals surface area contributed by atoms with E-state index in [1.54, 1.807) is 30.3 Å². The zero-order valence-corrected chi connectivity index (χ0v) is 18.8. The van der Waals surface area contributed by atoms with Crippen molar-refractivity contribution in [3.8, 4) is 11.1 Å². The number of nitrogens with one attached hydrogen (secondary N) is 1. The van der Waals surface area contributed by atoms with Crippen molar-refractivity contribution in [2.24, 2.45) is 0 Å². The zero-order valence-electron chi connectivity index (χ0n) is 18.8. The third-order valence-electron chi connectivity index (χ3n) is 6.07. The molecule has 33 heavy (non-hydrogen) atoms. The van der Waals surface area contributed by atoms with Crippen molar-refractivity contribution in [1.29, 1.82) is 0 Å². The maximum atomic E-state index is 13.5. The van der Waals surface area contributed by atoms with Crippen LogP contribution in [0, 0.1) is 12.7 Å². The fraction of sp³-hybridized carbons (Fsp3) is 0.269. The second-order valence-electron chi connectivity index (χ2n) is 8.34.